The van der Waals surface area contributed by atoms with E-state index < -0.39 is 0 Å². The van der Waals surface area contributed by atoms with Crippen molar-refractivity contribution in [3.8, 4) is 0 Å². The summed E-state index contributed by atoms with van der Waals surface area (Å²) in [5, 5.41) is 3.31. The molecule has 21 heavy (non-hydrogen) atoms. The Bertz CT molecular complexity index is 832. The van der Waals surface area contributed by atoms with Gasteiger partial charge >= 0.3 is 0 Å². The molecule has 0 radical (unpaired) electrons. The number of nitrogens with zero attached hydrogens (tertiary/aromatic N) is 2. The smallest absolute Gasteiger partial charge is 0.129 e. The third kappa shape index (κ3) is 1.96. The average molecular weight is 276 g/mol. The Morgan fingerprint density at radius 1 is 1.10 bits per heavy atom. The van der Waals surface area contributed by atoms with E-state index in [-0.39, 0.29) is 0 Å². The summed E-state index contributed by atoms with van der Waals surface area (Å²) in [7, 11) is 0. The monoisotopic (exact) mass is 276 g/mol. The molecule has 2 aromatic carbocycles. The molecule has 3 aromatic rings. The zero-order valence-electron chi connectivity index (χ0n) is 11.8. The van der Waals surface area contributed by atoms with Crippen LogP contribution in [0.4, 0.5) is 11.5 Å². The molecule has 4 heteroatoms. The predicted molar refractivity (Wildman–Crippen MR) is 88.0 cm³/mol. The van der Waals surface area contributed by atoms with Gasteiger partial charge in [0.25, 0.3) is 0 Å². The average Bonchev–Trinajstić information content (AvgIpc) is 2.85. The third-order valence-corrected chi connectivity index (χ3v) is 3.89. The topological polar surface area (TPSA) is 43.4 Å². The summed E-state index contributed by atoms with van der Waals surface area (Å²) in [6.45, 7) is 2.73. The van der Waals surface area contributed by atoms with E-state index in [9.17, 15) is 0 Å². The van der Waals surface area contributed by atoms with Crippen molar-refractivity contribution in [2.45, 2.75) is 6.92 Å². The summed E-state index contributed by atoms with van der Waals surface area (Å²) in [5.74, 6) is 1.02. The molecule has 0 spiro atoms. The molecule has 2 N–H and O–H groups in total. The maximum atomic E-state index is 4.40. The second-order valence-electron chi connectivity index (χ2n) is 5.22. The summed E-state index contributed by atoms with van der Waals surface area (Å²) < 4.78 is 0. The normalized spacial score (nSPS) is 13.5. The van der Waals surface area contributed by atoms with E-state index in [0.29, 0.717) is 6.67 Å². The van der Waals surface area contributed by atoms with Gasteiger partial charge in [-0.3, -0.25) is 15.4 Å². The van der Waals surface area contributed by atoms with E-state index in [1.54, 1.807) is 0 Å². The molecule has 0 saturated heterocycles. The number of H-pyrrole nitrogens is 1. The molecular weight excluding hydrogens is 260 g/mol. The molecular formula is C17H16N4. The summed E-state index contributed by atoms with van der Waals surface area (Å²) in [4.78, 5) is 7.84. The summed E-state index contributed by atoms with van der Waals surface area (Å²) in [6.07, 6.45) is 1.92. The largest absolute Gasteiger partial charge is 0.340 e. The first kappa shape index (κ1) is 12.0. The van der Waals surface area contributed by atoms with Gasteiger partial charge in [0.1, 0.15) is 12.5 Å². The molecule has 0 amide bonds. The number of aromatic amines is 1. The Morgan fingerprint density at radius 2 is 1.90 bits per heavy atom. The van der Waals surface area contributed by atoms with Gasteiger partial charge < -0.3 is 4.98 Å². The van der Waals surface area contributed by atoms with Crippen molar-refractivity contribution in [3.05, 3.63) is 59.7 Å². The number of anilines is 2. The molecule has 4 rings (SSSR count). The van der Waals surface area contributed by atoms with Gasteiger partial charge in [-0.2, -0.15) is 0 Å². The van der Waals surface area contributed by atoms with Crippen LogP contribution in [0.1, 0.15) is 11.1 Å². The Labute approximate surface area is 123 Å². The number of benzene rings is 2. The highest BCUT2D eigenvalue weighted by Gasteiger charge is 2.15. The quantitative estimate of drug-likeness (QED) is 0.749. The second-order valence-corrected chi connectivity index (χ2v) is 5.22. The first-order chi connectivity index (χ1) is 10.3. The van der Waals surface area contributed by atoms with Gasteiger partial charge in [0.2, 0.25) is 0 Å². The molecule has 0 saturated carbocycles. The van der Waals surface area contributed by atoms with Crippen molar-refractivity contribution in [3.63, 3.8) is 0 Å². The van der Waals surface area contributed by atoms with Gasteiger partial charge in [0.15, 0.2) is 0 Å². The molecule has 0 unspecified atom stereocenters. The van der Waals surface area contributed by atoms with Crippen LogP contribution in [0.3, 0.4) is 0 Å². The number of aromatic nitrogens is 1. The number of aliphatic imine (C=N–C) groups is 1. The maximum absolute atomic E-state index is 4.40. The van der Waals surface area contributed by atoms with Gasteiger partial charge in [0, 0.05) is 28.2 Å². The summed E-state index contributed by atoms with van der Waals surface area (Å²) in [6, 6.07) is 16.6. The Kier molecular flexibility index (Phi) is 2.67. The third-order valence-electron chi connectivity index (χ3n) is 3.89. The van der Waals surface area contributed by atoms with E-state index in [2.05, 4.69) is 57.7 Å². The Morgan fingerprint density at radius 3 is 2.81 bits per heavy atom. The van der Waals surface area contributed by atoms with E-state index in [0.717, 1.165) is 22.6 Å². The van der Waals surface area contributed by atoms with Crippen LogP contribution in [0.5, 0.6) is 0 Å². The second kappa shape index (κ2) is 4.66. The number of fused-ring (bicyclic) bond motifs is 2. The van der Waals surface area contributed by atoms with Gasteiger partial charge in [0.05, 0.1) is 5.69 Å². The van der Waals surface area contributed by atoms with Crippen LogP contribution >= 0.6 is 0 Å². The fourth-order valence-corrected chi connectivity index (χ4v) is 2.76. The fraction of sp³-hybridized carbons (Fsp3) is 0.118. The van der Waals surface area contributed by atoms with E-state index in [1.807, 2.05) is 24.4 Å². The van der Waals surface area contributed by atoms with Crippen molar-refractivity contribution in [2.75, 3.05) is 17.1 Å². The lowest BCUT2D eigenvalue weighted by molar-refractivity contribution is 0.900. The molecule has 2 heterocycles. The number of hydrazine groups is 1. The zero-order chi connectivity index (χ0) is 14.2. The summed E-state index contributed by atoms with van der Waals surface area (Å²) >= 11 is 0. The Balaban J connectivity index is 1.72. The minimum absolute atomic E-state index is 0.603. The molecule has 0 aliphatic carbocycles. The van der Waals surface area contributed by atoms with Crippen LogP contribution in [-0.2, 0) is 0 Å². The highest BCUT2D eigenvalue weighted by atomic mass is 15.5. The highest BCUT2D eigenvalue weighted by Crippen LogP contribution is 2.28. The molecule has 0 fully saturated rings. The molecule has 0 atom stereocenters. The first-order valence-electron chi connectivity index (χ1n) is 7.03. The van der Waals surface area contributed by atoms with Crippen LogP contribution in [0, 0.1) is 6.92 Å². The van der Waals surface area contributed by atoms with Gasteiger partial charge in [-0.1, -0.05) is 36.4 Å². The van der Waals surface area contributed by atoms with Crippen LogP contribution in [0.25, 0.3) is 10.9 Å². The number of hydrogen-bond acceptors (Lipinski definition) is 3. The number of aryl methyl sites for hydroxylation is 1. The van der Waals surface area contributed by atoms with Gasteiger partial charge in [-0.25, -0.2) is 0 Å². The van der Waals surface area contributed by atoms with Gasteiger partial charge in [-0.15, -0.1) is 0 Å². The van der Waals surface area contributed by atoms with Crippen molar-refractivity contribution < 1.29 is 0 Å². The van der Waals surface area contributed by atoms with Gasteiger partial charge in [-0.05, 0) is 19.1 Å². The molecule has 1 aliphatic heterocycles. The molecule has 0 bridgehead atoms. The maximum Gasteiger partial charge on any atom is 0.129 e. The number of para-hydroxylation sites is 2. The van der Waals surface area contributed by atoms with Crippen LogP contribution in [-0.4, -0.2) is 17.9 Å². The minimum atomic E-state index is 0.603. The highest BCUT2D eigenvalue weighted by molar-refractivity contribution is 5.91. The lowest BCUT2D eigenvalue weighted by atomic mass is 10.1. The van der Waals surface area contributed by atoms with E-state index >= 15 is 0 Å². The van der Waals surface area contributed by atoms with Crippen molar-refractivity contribution in [1.29, 1.82) is 0 Å². The Hall–Kier alpha value is -2.75. The number of hydrogen-bond donors (Lipinski definition) is 2. The van der Waals surface area contributed by atoms with Crippen LogP contribution in [0.2, 0.25) is 0 Å². The van der Waals surface area contributed by atoms with Crippen LogP contribution < -0.4 is 10.4 Å². The number of rotatable bonds is 2. The predicted octanol–water partition coefficient (Wildman–Crippen LogP) is 3.70. The minimum Gasteiger partial charge on any atom is -0.340 e. The summed E-state index contributed by atoms with van der Waals surface area (Å²) in [5.41, 5.74) is 8.10. The van der Waals surface area contributed by atoms with Crippen LogP contribution in [0.15, 0.2) is 53.5 Å². The SMILES string of the molecule is Cc1c(NN2CN=Cc3ccccc32)[nH]c2ccccc12. The lowest BCUT2D eigenvalue weighted by Crippen LogP contribution is -2.33. The van der Waals surface area contributed by atoms with Crippen molar-refractivity contribution >= 4 is 28.6 Å². The van der Waals surface area contributed by atoms with E-state index in [4.69, 9.17) is 0 Å². The first-order valence-corrected chi connectivity index (χ1v) is 7.03. The fourth-order valence-electron chi connectivity index (χ4n) is 2.76. The van der Waals surface area contributed by atoms with Crippen molar-refractivity contribution in [2.24, 2.45) is 4.99 Å². The number of nitrogens with one attached hydrogen (secondary N) is 2. The standard InChI is InChI=1S/C17H16N4/c1-12-14-7-3-4-8-15(14)19-17(12)20-21-11-18-10-13-6-2-5-9-16(13)21/h2-10,19-20H,11H2,1H3. The molecule has 104 valence electrons. The molecule has 4 nitrogen and oxygen atoms in total. The molecule has 1 aliphatic rings. The zero-order valence-corrected chi connectivity index (χ0v) is 11.8. The molecule has 1 aromatic heterocycles. The van der Waals surface area contributed by atoms with E-state index in [1.165, 1.54) is 10.9 Å². The van der Waals surface area contributed by atoms with Crippen molar-refractivity contribution in [1.82, 2.24) is 4.98 Å². The lowest BCUT2D eigenvalue weighted by Gasteiger charge is -2.28.